The molecule has 2 saturated heterocycles. The summed E-state index contributed by atoms with van der Waals surface area (Å²) in [5.74, 6) is 1.82. The minimum atomic E-state index is -0.0406. The number of nitrogens with two attached hydrogens (primary N) is 1. The lowest BCUT2D eigenvalue weighted by atomic mass is 9.96. The van der Waals surface area contributed by atoms with Crippen LogP contribution in [0.5, 0.6) is 0 Å². The highest BCUT2D eigenvalue weighted by molar-refractivity contribution is 5.91. The number of likely N-dealkylation sites (tertiary alicyclic amines) is 1. The average Bonchev–Trinajstić information content (AvgIpc) is 3.03. The summed E-state index contributed by atoms with van der Waals surface area (Å²) in [5.41, 5.74) is 7.97. The summed E-state index contributed by atoms with van der Waals surface area (Å²) in [5, 5.41) is 0. The van der Waals surface area contributed by atoms with E-state index in [0.29, 0.717) is 11.7 Å². The molecule has 26 heavy (non-hydrogen) atoms. The van der Waals surface area contributed by atoms with Gasteiger partial charge in [0, 0.05) is 50.0 Å². The first-order valence-electron chi connectivity index (χ1n) is 9.65. The van der Waals surface area contributed by atoms with Crippen LogP contribution < -0.4 is 10.6 Å². The van der Waals surface area contributed by atoms with Gasteiger partial charge in [0.2, 0.25) is 5.82 Å². The lowest BCUT2D eigenvalue weighted by Gasteiger charge is -2.33. The smallest absolute Gasteiger partial charge is 0.291 e. The van der Waals surface area contributed by atoms with Gasteiger partial charge in [0.15, 0.2) is 0 Å². The number of hydrogen-bond acceptors (Lipinski definition) is 6. The zero-order chi connectivity index (χ0) is 18.8. The van der Waals surface area contributed by atoms with Gasteiger partial charge in [-0.25, -0.2) is 9.97 Å². The predicted molar refractivity (Wildman–Crippen MR) is 103 cm³/mol. The van der Waals surface area contributed by atoms with Gasteiger partial charge in [-0.1, -0.05) is 0 Å². The second-order valence-corrected chi connectivity index (χ2v) is 8.07. The minimum absolute atomic E-state index is 0.0406. The van der Waals surface area contributed by atoms with E-state index in [2.05, 4.69) is 33.9 Å². The van der Waals surface area contributed by atoms with E-state index >= 15 is 0 Å². The van der Waals surface area contributed by atoms with Gasteiger partial charge in [0.25, 0.3) is 5.91 Å². The molecular formula is C19H32N6O. The van der Waals surface area contributed by atoms with E-state index in [4.69, 9.17) is 5.73 Å². The number of amides is 1. The first kappa shape index (κ1) is 19.0. The Morgan fingerprint density at radius 1 is 1.15 bits per heavy atom. The van der Waals surface area contributed by atoms with Crippen LogP contribution in [0.4, 0.5) is 5.82 Å². The van der Waals surface area contributed by atoms with Gasteiger partial charge in [0.05, 0.1) is 0 Å². The Labute approximate surface area is 156 Å². The zero-order valence-corrected chi connectivity index (χ0v) is 16.5. The van der Waals surface area contributed by atoms with Crippen LogP contribution in [0, 0.1) is 19.8 Å². The molecule has 144 valence electrons. The first-order chi connectivity index (χ1) is 12.3. The summed E-state index contributed by atoms with van der Waals surface area (Å²) < 4.78 is 0. The fourth-order valence-electron chi connectivity index (χ4n) is 3.97. The molecule has 0 saturated carbocycles. The Bertz CT molecular complexity index is 654. The first-order valence-corrected chi connectivity index (χ1v) is 9.65. The molecule has 7 nitrogen and oxygen atoms in total. The minimum Gasteiger partial charge on any atom is -0.355 e. The van der Waals surface area contributed by atoms with E-state index in [1.54, 1.807) is 0 Å². The largest absolute Gasteiger partial charge is 0.355 e. The summed E-state index contributed by atoms with van der Waals surface area (Å²) >= 11 is 0. The molecule has 3 heterocycles. The fourth-order valence-corrected chi connectivity index (χ4v) is 3.97. The van der Waals surface area contributed by atoms with Gasteiger partial charge in [-0.3, -0.25) is 4.79 Å². The number of nitrogens with zero attached hydrogens (tertiary/aromatic N) is 5. The van der Waals surface area contributed by atoms with Crippen LogP contribution in [0.2, 0.25) is 0 Å². The van der Waals surface area contributed by atoms with Crippen LogP contribution in [0.25, 0.3) is 0 Å². The van der Waals surface area contributed by atoms with Gasteiger partial charge in [-0.2, -0.15) is 0 Å². The summed E-state index contributed by atoms with van der Waals surface area (Å²) in [6.45, 7) is 8.33. The second kappa shape index (κ2) is 7.88. The topological polar surface area (TPSA) is 78.6 Å². The van der Waals surface area contributed by atoms with Gasteiger partial charge >= 0.3 is 0 Å². The number of aryl methyl sites for hydroxylation is 1. The molecule has 2 fully saturated rings. The third-order valence-corrected chi connectivity index (χ3v) is 5.60. The van der Waals surface area contributed by atoms with E-state index in [1.807, 2.05) is 18.7 Å². The second-order valence-electron chi connectivity index (χ2n) is 8.07. The van der Waals surface area contributed by atoms with Crippen molar-refractivity contribution in [1.82, 2.24) is 19.8 Å². The molecule has 1 aromatic rings. The maximum Gasteiger partial charge on any atom is 0.291 e. The summed E-state index contributed by atoms with van der Waals surface area (Å²) in [4.78, 5) is 28.4. The van der Waals surface area contributed by atoms with Crippen molar-refractivity contribution in [2.45, 2.75) is 39.2 Å². The normalized spacial score (nSPS) is 21.7. The zero-order valence-electron chi connectivity index (χ0n) is 16.5. The van der Waals surface area contributed by atoms with E-state index in [-0.39, 0.29) is 11.9 Å². The number of rotatable bonds is 4. The van der Waals surface area contributed by atoms with Crippen molar-refractivity contribution < 1.29 is 4.79 Å². The van der Waals surface area contributed by atoms with Crippen molar-refractivity contribution in [3.05, 3.63) is 17.1 Å². The van der Waals surface area contributed by atoms with Crippen LogP contribution in [-0.4, -0.2) is 78.5 Å². The monoisotopic (exact) mass is 360 g/mol. The van der Waals surface area contributed by atoms with Crippen molar-refractivity contribution in [2.75, 3.05) is 51.7 Å². The molecule has 7 heteroatoms. The van der Waals surface area contributed by atoms with Gasteiger partial charge in [0.1, 0.15) is 5.82 Å². The maximum atomic E-state index is 13.0. The van der Waals surface area contributed by atoms with E-state index in [9.17, 15) is 4.79 Å². The maximum absolute atomic E-state index is 13.0. The Hall–Kier alpha value is -1.73. The third-order valence-electron chi connectivity index (χ3n) is 5.60. The standard InChI is InChI=1S/C19H32N6O/c1-13-14(2)21-17(22-18(13)25-10-7-16(20)12-25)19(26)24-8-5-15(6-9-24)11-23(3)4/h15-16H,5-12,20H2,1-4H3/t16-/m1/s1. The molecule has 3 rings (SSSR count). The van der Waals surface area contributed by atoms with E-state index in [0.717, 1.165) is 69.1 Å². The van der Waals surface area contributed by atoms with Crippen molar-refractivity contribution in [1.29, 1.82) is 0 Å². The fraction of sp³-hybridized carbons (Fsp3) is 0.737. The molecule has 0 aliphatic carbocycles. The molecule has 1 amide bonds. The molecule has 0 radical (unpaired) electrons. The molecule has 2 aliphatic rings. The third kappa shape index (κ3) is 4.15. The SMILES string of the molecule is Cc1nc(C(=O)N2CCC(CN(C)C)CC2)nc(N2CC[C@@H](N)C2)c1C. The van der Waals surface area contributed by atoms with Crippen LogP contribution in [-0.2, 0) is 0 Å². The lowest BCUT2D eigenvalue weighted by molar-refractivity contribution is 0.0665. The van der Waals surface area contributed by atoms with E-state index in [1.165, 1.54) is 0 Å². The van der Waals surface area contributed by atoms with Gasteiger partial charge < -0.3 is 20.4 Å². The van der Waals surface area contributed by atoms with Crippen LogP contribution >= 0.6 is 0 Å². The summed E-state index contributed by atoms with van der Waals surface area (Å²) in [6.07, 6.45) is 3.05. The predicted octanol–water partition coefficient (Wildman–Crippen LogP) is 1.04. The number of carbonyl (C=O) groups excluding carboxylic acids is 1. The number of anilines is 1. The molecule has 1 atom stereocenters. The molecule has 0 bridgehead atoms. The molecular weight excluding hydrogens is 328 g/mol. The average molecular weight is 361 g/mol. The van der Waals surface area contributed by atoms with Gasteiger partial charge in [-0.15, -0.1) is 0 Å². The Kier molecular flexibility index (Phi) is 5.77. The van der Waals surface area contributed by atoms with Crippen LogP contribution in [0.3, 0.4) is 0 Å². The quantitative estimate of drug-likeness (QED) is 0.864. The summed E-state index contributed by atoms with van der Waals surface area (Å²) in [7, 11) is 4.21. The molecule has 1 aromatic heterocycles. The van der Waals surface area contributed by atoms with Crippen LogP contribution in [0.15, 0.2) is 0 Å². The Morgan fingerprint density at radius 2 is 1.85 bits per heavy atom. The van der Waals surface area contributed by atoms with Crippen molar-refractivity contribution in [3.63, 3.8) is 0 Å². The highest BCUT2D eigenvalue weighted by Crippen LogP contribution is 2.25. The lowest BCUT2D eigenvalue weighted by Crippen LogP contribution is -2.41. The molecule has 0 aromatic carbocycles. The molecule has 2 N–H and O–H groups in total. The molecule has 0 unspecified atom stereocenters. The van der Waals surface area contributed by atoms with Crippen molar-refractivity contribution in [3.8, 4) is 0 Å². The Morgan fingerprint density at radius 3 is 2.42 bits per heavy atom. The Balaban J connectivity index is 1.73. The van der Waals surface area contributed by atoms with Gasteiger partial charge in [-0.05, 0) is 53.1 Å². The number of aromatic nitrogens is 2. The number of hydrogen-bond donors (Lipinski definition) is 1. The van der Waals surface area contributed by atoms with E-state index < -0.39 is 0 Å². The summed E-state index contributed by atoms with van der Waals surface area (Å²) in [6, 6.07) is 0.180. The number of carbonyl (C=O) groups is 1. The number of piperidine rings is 1. The van der Waals surface area contributed by atoms with Crippen molar-refractivity contribution in [2.24, 2.45) is 11.7 Å². The molecule has 0 spiro atoms. The highest BCUT2D eigenvalue weighted by atomic mass is 16.2. The highest BCUT2D eigenvalue weighted by Gasteiger charge is 2.28. The van der Waals surface area contributed by atoms with Crippen LogP contribution in [0.1, 0.15) is 41.1 Å². The van der Waals surface area contributed by atoms with Crippen molar-refractivity contribution >= 4 is 11.7 Å². The molecule has 2 aliphatic heterocycles.